The lowest BCUT2D eigenvalue weighted by Gasteiger charge is -2.27. The fourth-order valence-corrected chi connectivity index (χ4v) is 8.88. The lowest BCUT2D eigenvalue weighted by molar-refractivity contribution is -0.870. The van der Waals surface area contributed by atoms with Gasteiger partial charge in [-0.25, -0.2) is 4.57 Å². The Hall–Kier alpha value is -3.33. The summed E-state index contributed by atoms with van der Waals surface area (Å²) in [6, 6.07) is -0.870. The average molecular weight is 1070 g/mol. The first-order chi connectivity index (χ1) is 36.4. The number of allylic oxidation sites excluding steroid dienone is 17. The first kappa shape index (κ1) is 71.7. The minimum absolute atomic E-state index is 0.0284. The SMILES string of the molecule is CC/C=C\C/C=C\C/C=C\C/C=C\C/C=C\CCCCCCCCCC(=O)OC(/C=C\CCCCCCCCCCCCC)C(COP(=O)(O)OCC[N+](C)(C)C)NC(=O)CCCCCCC\C=C/C=C/C=C/CC. The number of nitrogens with zero attached hydrogens (tertiary/aromatic N) is 1. The quantitative estimate of drug-likeness (QED) is 0.0156. The third-order valence-electron chi connectivity index (χ3n) is 12.8. The third kappa shape index (κ3) is 55.2. The molecule has 0 rings (SSSR count). The number of quaternary nitrogens is 1. The lowest BCUT2D eigenvalue weighted by atomic mass is 10.0. The maximum Gasteiger partial charge on any atom is 0.472 e. The molecule has 0 fully saturated rings. The zero-order valence-corrected chi connectivity index (χ0v) is 49.9. The smallest absolute Gasteiger partial charge is 0.456 e. The average Bonchev–Trinajstić information content (AvgIpc) is 3.37. The zero-order chi connectivity index (χ0) is 55.0. The van der Waals surface area contributed by atoms with Gasteiger partial charge in [-0.3, -0.25) is 18.6 Å². The summed E-state index contributed by atoms with van der Waals surface area (Å²) >= 11 is 0. The largest absolute Gasteiger partial charge is 0.472 e. The van der Waals surface area contributed by atoms with Crippen LogP contribution in [0.2, 0.25) is 0 Å². The number of ether oxygens (including phenoxy) is 1. The van der Waals surface area contributed by atoms with Crippen molar-refractivity contribution in [3.8, 4) is 0 Å². The monoisotopic (exact) mass is 1070 g/mol. The van der Waals surface area contributed by atoms with Crippen molar-refractivity contribution >= 4 is 19.7 Å². The molecule has 430 valence electrons. The Morgan fingerprint density at radius 2 is 0.920 bits per heavy atom. The molecular formula is C65H114N2O7P+. The number of carbonyl (C=O) groups excluding carboxylic acids is 2. The van der Waals surface area contributed by atoms with E-state index in [1.54, 1.807) is 0 Å². The van der Waals surface area contributed by atoms with E-state index in [-0.39, 0.29) is 31.5 Å². The first-order valence-electron chi connectivity index (χ1n) is 30.2. The number of hydrogen-bond donors (Lipinski definition) is 2. The molecule has 2 N–H and O–H groups in total. The molecule has 0 spiro atoms. The molecule has 3 atom stereocenters. The van der Waals surface area contributed by atoms with Crippen molar-refractivity contribution in [3.05, 3.63) is 109 Å². The van der Waals surface area contributed by atoms with E-state index in [9.17, 15) is 19.0 Å². The van der Waals surface area contributed by atoms with E-state index in [0.29, 0.717) is 17.4 Å². The Bertz CT molecular complexity index is 1650. The van der Waals surface area contributed by atoms with Crippen LogP contribution in [0.5, 0.6) is 0 Å². The highest BCUT2D eigenvalue weighted by atomic mass is 31.2. The third-order valence-corrected chi connectivity index (χ3v) is 13.8. The number of phosphoric acid groups is 1. The van der Waals surface area contributed by atoms with Gasteiger partial charge in [0.15, 0.2) is 0 Å². The summed E-state index contributed by atoms with van der Waals surface area (Å²) in [5.74, 6) is -0.548. The number of unbranched alkanes of at least 4 members (excludes halogenated alkanes) is 23. The second-order valence-electron chi connectivity index (χ2n) is 21.2. The van der Waals surface area contributed by atoms with E-state index in [4.69, 9.17) is 13.8 Å². The molecule has 0 saturated carbocycles. The second kappa shape index (κ2) is 54.0. The molecule has 1 amide bonds. The van der Waals surface area contributed by atoms with Gasteiger partial charge in [0, 0.05) is 12.8 Å². The molecule has 0 aromatic rings. The topological polar surface area (TPSA) is 111 Å². The summed E-state index contributed by atoms with van der Waals surface area (Å²) in [6.07, 6.45) is 73.7. The summed E-state index contributed by atoms with van der Waals surface area (Å²) in [5.41, 5.74) is 0. The van der Waals surface area contributed by atoms with Crippen molar-refractivity contribution in [1.82, 2.24) is 5.32 Å². The van der Waals surface area contributed by atoms with Crippen LogP contribution in [0.25, 0.3) is 0 Å². The Kier molecular flexibility index (Phi) is 51.6. The molecule has 75 heavy (non-hydrogen) atoms. The van der Waals surface area contributed by atoms with Gasteiger partial charge >= 0.3 is 13.8 Å². The Labute approximate surface area is 461 Å². The van der Waals surface area contributed by atoms with Gasteiger partial charge in [0.25, 0.3) is 0 Å². The van der Waals surface area contributed by atoms with Crippen LogP contribution in [0.15, 0.2) is 109 Å². The summed E-state index contributed by atoms with van der Waals surface area (Å²) in [5, 5.41) is 3.03. The van der Waals surface area contributed by atoms with Crippen LogP contribution in [0.4, 0.5) is 0 Å². The van der Waals surface area contributed by atoms with Crippen LogP contribution in [0.3, 0.4) is 0 Å². The number of nitrogens with one attached hydrogen (secondary N) is 1. The summed E-state index contributed by atoms with van der Waals surface area (Å²) in [6.45, 7) is 6.73. The van der Waals surface area contributed by atoms with Crippen molar-refractivity contribution in [3.63, 3.8) is 0 Å². The van der Waals surface area contributed by atoms with Gasteiger partial charge in [0.2, 0.25) is 5.91 Å². The maximum atomic E-state index is 13.5. The number of esters is 1. The van der Waals surface area contributed by atoms with E-state index in [1.165, 1.54) is 77.0 Å². The molecule has 9 nitrogen and oxygen atoms in total. The predicted molar refractivity (Wildman–Crippen MR) is 323 cm³/mol. The van der Waals surface area contributed by atoms with Gasteiger partial charge in [-0.1, -0.05) is 240 Å². The molecule has 0 saturated heterocycles. The van der Waals surface area contributed by atoms with Crippen molar-refractivity contribution in [2.24, 2.45) is 0 Å². The molecule has 0 aliphatic rings. The Morgan fingerprint density at radius 1 is 0.493 bits per heavy atom. The number of rotatable bonds is 53. The molecule has 10 heteroatoms. The van der Waals surface area contributed by atoms with Gasteiger partial charge < -0.3 is 19.4 Å². The number of phosphoric ester groups is 1. The van der Waals surface area contributed by atoms with Crippen molar-refractivity contribution in [1.29, 1.82) is 0 Å². The molecular weight excluding hydrogens is 952 g/mol. The fraction of sp³-hybridized carbons (Fsp3) is 0.692. The first-order valence-corrected chi connectivity index (χ1v) is 31.7. The van der Waals surface area contributed by atoms with Crippen LogP contribution < -0.4 is 5.32 Å². The van der Waals surface area contributed by atoms with E-state index < -0.39 is 20.0 Å². The maximum absolute atomic E-state index is 13.5. The molecule has 0 aromatic heterocycles. The van der Waals surface area contributed by atoms with Crippen LogP contribution >= 0.6 is 7.82 Å². The minimum atomic E-state index is -4.46. The predicted octanol–water partition coefficient (Wildman–Crippen LogP) is 18.6. The molecule has 0 aliphatic carbocycles. The standard InChI is InChI=1S/C65H113N2O7P/c1-7-10-13-16-19-22-25-28-29-30-31-32-33-34-35-36-37-40-43-46-49-52-55-58-65(69)74-63(56-53-50-47-44-41-38-26-23-20-17-14-11-8-2)62(61-73-75(70,71)72-60-59-67(4,5)6)66-64(68)57-54-51-48-45-42-39-27-24-21-18-15-12-9-3/h10,12-13,15,18-19,21-22,24,27-29,31-32,34-35,53,56,62-63H,7-9,11,14,16-17,20,23,25-26,30,33,36-52,54-55,57-61H2,1-6H3,(H-,66,68,70,71)/p+1/b13-10-,15-12+,21-18+,22-19-,27-24-,29-28-,32-31-,35-34-,56-53-. The highest BCUT2D eigenvalue weighted by molar-refractivity contribution is 7.47. The van der Waals surface area contributed by atoms with Gasteiger partial charge in [-0.15, -0.1) is 0 Å². The second-order valence-corrected chi connectivity index (χ2v) is 22.6. The highest BCUT2D eigenvalue weighted by Gasteiger charge is 2.30. The Balaban J connectivity index is 5.29. The fourth-order valence-electron chi connectivity index (χ4n) is 8.14. The molecule has 3 unspecified atom stereocenters. The summed E-state index contributed by atoms with van der Waals surface area (Å²) in [7, 11) is 1.46. The van der Waals surface area contributed by atoms with Gasteiger partial charge in [-0.2, -0.15) is 0 Å². The lowest BCUT2D eigenvalue weighted by Crippen LogP contribution is -2.47. The van der Waals surface area contributed by atoms with Gasteiger partial charge in [0.1, 0.15) is 19.3 Å². The van der Waals surface area contributed by atoms with Crippen molar-refractivity contribution in [2.75, 3.05) is 40.9 Å². The number of amides is 1. The van der Waals surface area contributed by atoms with Gasteiger partial charge in [0.05, 0.1) is 33.8 Å². The highest BCUT2D eigenvalue weighted by Crippen LogP contribution is 2.43. The molecule has 0 aromatic carbocycles. The normalized spacial score (nSPS) is 14.5. The summed E-state index contributed by atoms with van der Waals surface area (Å²) in [4.78, 5) is 37.7. The van der Waals surface area contributed by atoms with E-state index in [0.717, 1.165) is 128 Å². The van der Waals surface area contributed by atoms with E-state index in [1.807, 2.05) is 39.4 Å². The van der Waals surface area contributed by atoms with E-state index >= 15 is 0 Å². The number of carbonyl (C=O) groups is 2. The van der Waals surface area contributed by atoms with E-state index in [2.05, 4.69) is 117 Å². The molecule has 0 heterocycles. The van der Waals surface area contributed by atoms with Crippen molar-refractivity contribution in [2.45, 2.75) is 251 Å². The minimum Gasteiger partial charge on any atom is -0.456 e. The van der Waals surface area contributed by atoms with Crippen molar-refractivity contribution < 1.29 is 37.3 Å². The zero-order valence-electron chi connectivity index (χ0n) is 49.0. The summed E-state index contributed by atoms with van der Waals surface area (Å²) < 4.78 is 30.6. The van der Waals surface area contributed by atoms with Crippen LogP contribution in [-0.2, 0) is 27.9 Å². The van der Waals surface area contributed by atoms with Crippen LogP contribution in [0, 0.1) is 0 Å². The van der Waals surface area contributed by atoms with Crippen LogP contribution in [0.1, 0.15) is 239 Å². The number of hydrogen-bond acceptors (Lipinski definition) is 6. The van der Waals surface area contributed by atoms with Crippen LogP contribution in [-0.4, -0.2) is 74.3 Å². The molecule has 0 aliphatic heterocycles. The molecule has 0 bridgehead atoms. The number of likely N-dealkylation sites (N-methyl/N-ethyl adjacent to an activating group) is 1. The molecule has 0 radical (unpaired) electrons. The Morgan fingerprint density at radius 3 is 1.43 bits per heavy atom. The van der Waals surface area contributed by atoms with Gasteiger partial charge in [-0.05, 0) is 96.0 Å².